The number of piperazine rings is 1. The van der Waals surface area contributed by atoms with Crippen molar-refractivity contribution < 1.29 is 18.7 Å². The van der Waals surface area contributed by atoms with Gasteiger partial charge in [0.15, 0.2) is 11.5 Å². The molecule has 7 heteroatoms. The number of ether oxygens (including phenoxy) is 2. The SMILES string of the molecule is CN1CCN([C@H](CNC(=O)c2ccccc2F)c2ccc3c(c2)OCO3)CC1. The smallest absolute Gasteiger partial charge is 0.254 e. The largest absolute Gasteiger partial charge is 0.454 e. The summed E-state index contributed by atoms with van der Waals surface area (Å²) >= 11 is 0. The summed E-state index contributed by atoms with van der Waals surface area (Å²) in [4.78, 5) is 17.1. The predicted molar refractivity (Wildman–Crippen MR) is 103 cm³/mol. The minimum Gasteiger partial charge on any atom is -0.454 e. The van der Waals surface area contributed by atoms with E-state index in [9.17, 15) is 9.18 Å². The predicted octanol–water partition coefficient (Wildman–Crippen LogP) is 2.27. The van der Waals surface area contributed by atoms with Crippen molar-refractivity contribution in [2.24, 2.45) is 0 Å². The summed E-state index contributed by atoms with van der Waals surface area (Å²) in [5, 5.41) is 2.91. The molecule has 1 saturated heterocycles. The highest BCUT2D eigenvalue weighted by Gasteiger charge is 2.26. The molecule has 0 aromatic heterocycles. The Kier molecular flexibility index (Phi) is 5.45. The molecule has 0 spiro atoms. The number of nitrogens with one attached hydrogen (secondary N) is 1. The van der Waals surface area contributed by atoms with Gasteiger partial charge in [0.1, 0.15) is 5.82 Å². The van der Waals surface area contributed by atoms with Crippen molar-refractivity contribution in [3.05, 3.63) is 59.4 Å². The van der Waals surface area contributed by atoms with E-state index in [2.05, 4.69) is 22.2 Å². The molecule has 2 aromatic rings. The molecule has 4 rings (SSSR count). The fraction of sp³-hybridized carbons (Fsp3) is 0.381. The van der Waals surface area contributed by atoms with Crippen LogP contribution >= 0.6 is 0 Å². The average molecular weight is 385 g/mol. The number of carbonyl (C=O) groups excluding carboxylic acids is 1. The molecule has 148 valence electrons. The van der Waals surface area contributed by atoms with Crippen LogP contribution in [0.4, 0.5) is 4.39 Å². The molecule has 1 fully saturated rings. The van der Waals surface area contributed by atoms with Gasteiger partial charge in [-0.15, -0.1) is 0 Å². The number of nitrogens with zero attached hydrogens (tertiary/aromatic N) is 2. The number of amides is 1. The lowest BCUT2D eigenvalue weighted by atomic mass is 10.0. The van der Waals surface area contributed by atoms with Gasteiger partial charge in [-0.3, -0.25) is 9.69 Å². The highest BCUT2D eigenvalue weighted by atomic mass is 19.1. The molecule has 1 N–H and O–H groups in total. The number of carbonyl (C=O) groups is 1. The molecule has 2 aromatic carbocycles. The van der Waals surface area contributed by atoms with E-state index in [4.69, 9.17) is 9.47 Å². The zero-order chi connectivity index (χ0) is 19.5. The first-order chi connectivity index (χ1) is 13.6. The normalized spacial score (nSPS) is 18.1. The molecule has 1 amide bonds. The molecular weight excluding hydrogens is 361 g/mol. The van der Waals surface area contributed by atoms with Gasteiger partial charge in [0.05, 0.1) is 11.6 Å². The van der Waals surface area contributed by atoms with Gasteiger partial charge in [0.2, 0.25) is 6.79 Å². The van der Waals surface area contributed by atoms with Crippen LogP contribution in [0.5, 0.6) is 11.5 Å². The zero-order valence-electron chi connectivity index (χ0n) is 15.9. The molecule has 28 heavy (non-hydrogen) atoms. The molecule has 2 heterocycles. The van der Waals surface area contributed by atoms with Crippen LogP contribution in [0.2, 0.25) is 0 Å². The topological polar surface area (TPSA) is 54.0 Å². The highest BCUT2D eigenvalue weighted by molar-refractivity contribution is 5.94. The van der Waals surface area contributed by atoms with Crippen LogP contribution in [-0.4, -0.2) is 62.3 Å². The first-order valence-corrected chi connectivity index (χ1v) is 9.46. The highest BCUT2D eigenvalue weighted by Crippen LogP contribution is 2.35. The van der Waals surface area contributed by atoms with E-state index in [1.807, 2.05) is 18.2 Å². The van der Waals surface area contributed by atoms with Crippen LogP contribution in [0.1, 0.15) is 22.0 Å². The monoisotopic (exact) mass is 385 g/mol. The third-order valence-electron chi connectivity index (χ3n) is 5.33. The number of hydrogen-bond donors (Lipinski definition) is 1. The van der Waals surface area contributed by atoms with Gasteiger partial charge in [-0.25, -0.2) is 4.39 Å². The van der Waals surface area contributed by atoms with E-state index in [0.29, 0.717) is 6.54 Å². The van der Waals surface area contributed by atoms with Crippen molar-refractivity contribution in [2.45, 2.75) is 6.04 Å². The second-order valence-corrected chi connectivity index (χ2v) is 7.16. The first kappa shape index (κ1) is 18.7. The van der Waals surface area contributed by atoms with Crippen LogP contribution in [0, 0.1) is 5.82 Å². The number of likely N-dealkylation sites (N-methyl/N-ethyl adjacent to an activating group) is 1. The Balaban J connectivity index is 1.53. The van der Waals surface area contributed by atoms with E-state index >= 15 is 0 Å². The van der Waals surface area contributed by atoms with Crippen LogP contribution in [0.25, 0.3) is 0 Å². The number of fused-ring (bicyclic) bond motifs is 1. The average Bonchev–Trinajstić information content (AvgIpc) is 3.17. The van der Waals surface area contributed by atoms with Crippen molar-refractivity contribution in [2.75, 3.05) is 46.6 Å². The van der Waals surface area contributed by atoms with Crippen LogP contribution in [0.3, 0.4) is 0 Å². The van der Waals surface area contributed by atoms with E-state index in [0.717, 1.165) is 43.2 Å². The molecule has 0 unspecified atom stereocenters. The second kappa shape index (κ2) is 8.16. The van der Waals surface area contributed by atoms with Crippen molar-refractivity contribution in [1.82, 2.24) is 15.1 Å². The third-order valence-corrected chi connectivity index (χ3v) is 5.33. The molecular formula is C21H24FN3O3. The Morgan fingerprint density at radius 3 is 2.64 bits per heavy atom. The van der Waals surface area contributed by atoms with Gasteiger partial charge >= 0.3 is 0 Å². The molecule has 0 bridgehead atoms. The van der Waals surface area contributed by atoms with Crippen molar-refractivity contribution in [3.8, 4) is 11.5 Å². The summed E-state index contributed by atoms with van der Waals surface area (Å²) < 4.78 is 24.9. The molecule has 0 aliphatic carbocycles. The van der Waals surface area contributed by atoms with Crippen LogP contribution < -0.4 is 14.8 Å². The molecule has 1 atom stereocenters. The Morgan fingerprint density at radius 2 is 1.86 bits per heavy atom. The fourth-order valence-electron chi connectivity index (χ4n) is 3.64. The lowest BCUT2D eigenvalue weighted by molar-refractivity contribution is 0.0882. The number of rotatable bonds is 5. The molecule has 0 saturated carbocycles. The Labute approximate surface area is 163 Å². The quantitative estimate of drug-likeness (QED) is 0.856. The number of benzene rings is 2. The van der Waals surface area contributed by atoms with E-state index in [1.54, 1.807) is 12.1 Å². The minimum atomic E-state index is -0.515. The van der Waals surface area contributed by atoms with Gasteiger partial charge in [-0.05, 0) is 36.9 Å². The molecule has 2 aliphatic rings. The maximum Gasteiger partial charge on any atom is 0.254 e. The van der Waals surface area contributed by atoms with Crippen LogP contribution in [-0.2, 0) is 0 Å². The maximum absolute atomic E-state index is 13.9. The van der Waals surface area contributed by atoms with Gasteiger partial charge in [0.25, 0.3) is 5.91 Å². The fourth-order valence-corrected chi connectivity index (χ4v) is 3.64. The lowest BCUT2D eigenvalue weighted by Crippen LogP contribution is -2.48. The molecule has 0 radical (unpaired) electrons. The molecule has 2 aliphatic heterocycles. The third kappa shape index (κ3) is 3.95. The molecule has 6 nitrogen and oxygen atoms in total. The van der Waals surface area contributed by atoms with E-state index < -0.39 is 11.7 Å². The maximum atomic E-state index is 13.9. The lowest BCUT2D eigenvalue weighted by Gasteiger charge is -2.38. The number of halogens is 1. The second-order valence-electron chi connectivity index (χ2n) is 7.16. The van der Waals surface area contributed by atoms with Crippen molar-refractivity contribution in [1.29, 1.82) is 0 Å². The van der Waals surface area contributed by atoms with Crippen molar-refractivity contribution >= 4 is 5.91 Å². The van der Waals surface area contributed by atoms with Gasteiger partial charge in [-0.2, -0.15) is 0 Å². The van der Waals surface area contributed by atoms with E-state index in [1.165, 1.54) is 12.1 Å². The van der Waals surface area contributed by atoms with Gasteiger partial charge in [-0.1, -0.05) is 18.2 Å². The minimum absolute atomic E-state index is 0.0288. The summed E-state index contributed by atoms with van der Waals surface area (Å²) in [5.41, 5.74) is 1.10. The summed E-state index contributed by atoms with van der Waals surface area (Å²) in [6.45, 7) is 4.32. The van der Waals surface area contributed by atoms with Gasteiger partial charge in [0, 0.05) is 32.7 Å². The summed E-state index contributed by atoms with van der Waals surface area (Å²) in [6, 6.07) is 11.9. The first-order valence-electron chi connectivity index (χ1n) is 9.46. The zero-order valence-corrected chi connectivity index (χ0v) is 15.9. The van der Waals surface area contributed by atoms with E-state index in [-0.39, 0.29) is 18.4 Å². The Bertz CT molecular complexity index is 853. The summed E-state index contributed by atoms with van der Waals surface area (Å²) in [6.07, 6.45) is 0. The van der Waals surface area contributed by atoms with Crippen LogP contribution in [0.15, 0.2) is 42.5 Å². The number of hydrogen-bond acceptors (Lipinski definition) is 5. The standard InChI is InChI=1S/C21H24FN3O3/c1-24-8-10-25(11-9-24)18(15-6-7-19-20(12-15)28-14-27-19)13-23-21(26)16-4-2-3-5-17(16)22/h2-7,12,18H,8-11,13-14H2,1H3,(H,23,26)/t18-/m1/s1. The summed E-state index contributed by atoms with van der Waals surface area (Å²) in [5.74, 6) is 0.533. The Hall–Kier alpha value is -2.64. The van der Waals surface area contributed by atoms with Crippen molar-refractivity contribution in [3.63, 3.8) is 0 Å². The van der Waals surface area contributed by atoms with Gasteiger partial charge < -0.3 is 19.7 Å². The summed E-state index contributed by atoms with van der Waals surface area (Å²) in [7, 11) is 2.10. The Morgan fingerprint density at radius 1 is 1.11 bits per heavy atom.